The molecule has 5 heteroatoms. The van der Waals surface area contributed by atoms with E-state index in [9.17, 15) is 14.7 Å². The number of carboxylic acid groups (broad SMARTS) is 1. The number of carbonyl (C=O) groups excluding carboxylic acids is 2. The SMILES string of the molecule is CCCCCCCCCC(=O)NCCCCCC(=O)[O-].[Na+]. The van der Waals surface area contributed by atoms with Gasteiger partial charge in [-0.2, -0.15) is 0 Å². The first-order valence-corrected chi connectivity index (χ1v) is 8.13. The Bertz CT molecular complexity index is 260. The molecule has 0 aromatic heterocycles. The van der Waals surface area contributed by atoms with Crippen LogP contribution in [0.3, 0.4) is 0 Å². The van der Waals surface area contributed by atoms with Crippen molar-refractivity contribution >= 4 is 11.9 Å². The van der Waals surface area contributed by atoms with Gasteiger partial charge >= 0.3 is 29.6 Å². The van der Waals surface area contributed by atoms with Crippen molar-refractivity contribution in [3.63, 3.8) is 0 Å². The molecular formula is C16H30NNaO3. The molecule has 1 N–H and O–H groups in total. The van der Waals surface area contributed by atoms with E-state index in [1.54, 1.807) is 0 Å². The van der Waals surface area contributed by atoms with Gasteiger partial charge in [-0.25, -0.2) is 0 Å². The van der Waals surface area contributed by atoms with Gasteiger partial charge in [0.15, 0.2) is 0 Å². The molecule has 0 aromatic rings. The minimum Gasteiger partial charge on any atom is -0.550 e. The fourth-order valence-corrected chi connectivity index (χ4v) is 2.13. The number of nitrogens with one attached hydrogen (secondary N) is 1. The first-order chi connectivity index (χ1) is 9.66. The molecule has 0 heterocycles. The fourth-order valence-electron chi connectivity index (χ4n) is 2.13. The van der Waals surface area contributed by atoms with Crippen LogP contribution in [0, 0.1) is 0 Å². The van der Waals surface area contributed by atoms with Crippen molar-refractivity contribution in [1.82, 2.24) is 5.32 Å². The summed E-state index contributed by atoms with van der Waals surface area (Å²) in [6.07, 6.45) is 11.6. The number of rotatable bonds is 14. The first-order valence-electron chi connectivity index (χ1n) is 8.13. The fraction of sp³-hybridized carbons (Fsp3) is 0.875. The molecule has 0 bridgehead atoms. The Morgan fingerprint density at radius 2 is 1.33 bits per heavy atom. The summed E-state index contributed by atoms with van der Waals surface area (Å²) >= 11 is 0. The van der Waals surface area contributed by atoms with Crippen molar-refractivity contribution < 1.29 is 44.3 Å². The third-order valence-corrected chi connectivity index (χ3v) is 3.39. The molecule has 0 radical (unpaired) electrons. The van der Waals surface area contributed by atoms with Crippen LogP contribution in [0.1, 0.15) is 84.0 Å². The third-order valence-electron chi connectivity index (χ3n) is 3.39. The van der Waals surface area contributed by atoms with Gasteiger partial charge in [-0.1, -0.05) is 51.9 Å². The Morgan fingerprint density at radius 1 is 0.810 bits per heavy atom. The molecule has 0 spiro atoms. The van der Waals surface area contributed by atoms with Crippen molar-refractivity contribution in [3.05, 3.63) is 0 Å². The number of carboxylic acids is 1. The molecule has 0 atom stereocenters. The average molecular weight is 307 g/mol. The second-order valence-corrected chi connectivity index (χ2v) is 5.40. The van der Waals surface area contributed by atoms with Crippen LogP contribution in [0.5, 0.6) is 0 Å². The molecule has 4 nitrogen and oxygen atoms in total. The van der Waals surface area contributed by atoms with E-state index < -0.39 is 5.97 Å². The summed E-state index contributed by atoms with van der Waals surface area (Å²) in [6, 6.07) is 0. The number of aliphatic carboxylic acids is 1. The zero-order chi connectivity index (χ0) is 15.1. The van der Waals surface area contributed by atoms with Crippen molar-refractivity contribution in [2.24, 2.45) is 0 Å². The zero-order valence-electron chi connectivity index (χ0n) is 13.9. The number of unbranched alkanes of at least 4 members (excludes halogenated alkanes) is 8. The van der Waals surface area contributed by atoms with Crippen LogP contribution in [-0.2, 0) is 9.59 Å². The van der Waals surface area contributed by atoms with E-state index >= 15 is 0 Å². The molecule has 0 unspecified atom stereocenters. The van der Waals surface area contributed by atoms with Gasteiger partial charge in [0.1, 0.15) is 0 Å². The van der Waals surface area contributed by atoms with E-state index in [1.807, 2.05) is 0 Å². The van der Waals surface area contributed by atoms with Crippen LogP contribution in [0.15, 0.2) is 0 Å². The summed E-state index contributed by atoms with van der Waals surface area (Å²) in [7, 11) is 0. The number of carbonyl (C=O) groups is 2. The summed E-state index contributed by atoms with van der Waals surface area (Å²) in [4.78, 5) is 21.7. The minimum atomic E-state index is -0.993. The third kappa shape index (κ3) is 19.9. The van der Waals surface area contributed by atoms with Crippen LogP contribution in [0.2, 0.25) is 0 Å². The molecule has 21 heavy (non-hydrogen) atoms. The van der Waals surface area contributed by atoms with Gasteiger partial charge in [0.05, 0.1) is 0 Å². The quantitative estimate of drug-likeness (QED) is 0.349. The van der Waals surface area contributed by atoms with Crippen LogP contribution in [0.4, 0.5) is 0 Å². The summed E-state index contributed by atoms with van der Waals surface area (Å²) < 4.78 is 0. The van der Waals surface area contributed by atoms with E-state index in [0.29, 0.717) is 19.4 Å². The van der Waals surface area contributed by atoms with Gasteiger partial charge in [-0.3, -0.25) is 4.79 Å². The Labute approximate surface area is 151 Å². The Hall–Kier alpha value is -0.0600. The standard InChI is InChI=1S/C16H31NO3.Na/c1-2-3-4-5-6-7-9-12-15(18)17-14-11-8-10-13-16(19)20;/h2-14H2,1H3,(H,17,18)(H,19,20);/q;+1/p-1. The van der Waals surface area contributed by atoms with Crippen LogP contribution in [0.25, 0.3) is 0 Å². The van der Waals surface area contributed by atoms with Crippen LogP contribution >= 0.6 is 0 Å². The van der Waals surface area contributed by atoms with Crippen molar-refractivity contribution in [3.8, 4) is 0 Å². The van der Waals surface area contributed by atoms with Gasteiger partial charge in [0.2, 0.25) is 5.91 Å². The average Bonchev–Trinajstić information content (AvgIpc) is 2.41. The number of hydrogen-bond acceptors (Lipinski definition) is 3. The smallest absolute Gasteiger partial charge is 0.550 e. The van der Waals surface area contributed by atoms with Gasteiger partial charge < -0.3 is 15.2 Å². The van der Waals surface area contributed by atoms with E-state index in [4.69, 9.17) is 0 Å². The molecule has 0 saturated heterocycles. The Kier molecular flexibility index (Phi) is 19.9. The van der Waals surface area contributed by atoms with Gasteiger partial charge in [-0.05, 0) is 25.7 Å². The molecule has 1 amide bonds. The van der Waals surface area contributed by atoms with Crippen molar-refractivity contribution in [2.45, 2.75) is 84.0 Å². The molecule has 0 aliphatic heterocycles. The van der Waals surface area contributed by atoms with E-state index in [2.05, 4.69) is 12.2 Å². The second kappa shape index (κ2) is 18.0. The van der Waals surface area contributed by atoms with Crippen LogP contribution in [-0.4, -0.2) is 18.4 Å². The molecular weight excluding hydrogens is 277 g/mol. The summed E-state index contributed by atoms with van der Waals surface area (Å²) in [5.41, 5.74) is 0. The largest absolute Gasteiger partial charge is 1.00 e. The molecule has 0 aliphatic rings. The van der Waals surface area contributed by atoms with Crippen LogP contribution < -0.4 is 40.0 Å². The molecule has 0 fully saturated rings. The summed E-state index contributed by atoms with van der Waals surface area (Å²) in [5, 5.41) is 13.1. The predicted molar refractivity (Wildman–Crippen MR) is 79.1 cm³/mol. The summed E-state index contributed by atoms with van der Waals surface area (Å²) in [5.74, 6) is -0.869. The number of hydrogen-bond donors (Lipinski definition) is 1. The molecule has 0 aromatic carbocycles. The Balaban J connectivity index is 0. The molecule has 118 valence electrons. The summed E-state index contributed by atoms with van der Waals surface area (Å²) in [6.45, 7) is 2.87. The van der Waals surface area contributed by atoms with Crippen molar-refractivity contribution in [2.75, 3.05) is 6.54 Å². The first kappa shape index (κ1) is 23.2. The maximum atomic E-state index is 11.5. The maximum Gasteiger partial charge on any atom is 1.00 e. The predicted octanol–water partition coefficient (Wildman–Crippen LogP) is -0.442. The van der Waals surface area contributed by atoms with Crippen molar-refractivity contribution in [1.29, 1.82) is 0 Å². The van der Waals surface area contributed by atoms with Gasteiger partial charge in [0.25, 0.3) is 0 Å². The monoisotopic (exact) mass is 307 g/mol. The van der Waals surface area contributed by atoms with E-state index in [0.717, 1.165) is 25.7 Å². The Morgan fingerprint density at radius 3 is 1.95 bits per heavy atom. The zero-order valence-corrected chi connectivity index (χ0v) is 15.9. The van der Waals surface area contributed by atoms with E-state index in [1.165, 1.54) is 32.1 Å². The van der Waals surface area contributed by atoms with Gasteiger partial charge in [0, 0.05) is 18.9 Å². The minimum absolute atomic E-state index is 0. The molecule has 0 rings (SSSR count). The van der Waals surface area contributed by atoms with Gasteiger partial charge in [-0.15, -0.1) is 0 Å². The second-order valence-electron chi connectivity index (χ2n) is 5.40. The normalized spacial score (nSPS) is 9.95. The maximum absolute atomic E-state index is 11.5. The topological polar surface area (TPSA) is 69.2 Å². The molecule has 0 saturated carbocycles. The number of amides is 1. The molecule has 0 aliphatic carbocycles. The van der Waals surface area contributed by atoms with E-state index in [-0.39, 0.29) is 41.9 Å².